The normalized spacial score (nSPS) is 38.6. The zero-order valence-corrected chi connectivity index (χ0v) is 18.7. The summed E-state index contributed by atoms with van der Waals surface area (Å²) in [5, 5.41) is 0. The Bertz CT molecular complexity index is 640. The Morgan fingerprint density at radius 3 is 1.50 bits per heavy atom. The van der Waals surface area contributed by atoms with Gasteiger partial charge in [-0.05, 0) is 67.4 Å². The Morgan fingerprint density at radius 1 is 0.800 bits per heavy atom. The van der Waals surface area contributed by atoms with E-state index in [2.05, 4.69) is 23.3 Å². The van der Waals surface area contributed by atoms with Crippen LogP contribution in [0.1, 0.15) is 0 Å². The van der Waals surface area contributed by atoms with Crippen molar-refractivity contribution in [1.82, 2.24) is 9.72 Å². The van der Waals surface area contributed by atoms with Crippen LogP contribution < -0.4 is 9.72 Å². The molecule has 0 fully saturated rings. The molecule has 0 radical (unpaired) electrons. The van der Waals surface area contributed by atoms with E-state index >= 15 is 0 Å². The number of halogens is 6. The second-order valence-corrected chi connectivity index (χ2v) is 23.7. The maximum atomic E-state index is 11.6. The molecule has 1 aliphatic heterocycles. The van der Waals surface area contributed by atoms with Gasteiger partial charge in [-0.3, -0.25) is 9.13 Å². The fraction of sp³-hybridized carbons (Fsp3) is 1.00. The van der Waals surface area contributed by atoms with Crippen LogP contribution in [0.15, 0.2) is 13.5 Å². The maximum Gasteiger partial charge on any atom is 0.257 e. The average molecular weight is 502 g/mol. The molecule has 0 aromatic carbocycles. The lowest BCUT2D eigenvalue weighted by Crippen LogP contribution is -2.02. The highest BCUT2D eigenvalue weighted by Crippen LogP contribution is 2.85. The topological polar surface area (TPSA) is 95.3 Å². The number of nitrogens with one attached hydrogen (secondary N) is 2. The van der Waals surface area contributed by atoms with Gasteiger partial charge in [-0.1, -0.05) is 0 Å². The molecule has 1 rings (SSSR count). The molecule has 0 amide bonds. The largest absolute Gasteiger partial charge is 0.289 e. The molecule has 2 N–H and O–H groups in total. The van der Waals surface area contributed by atoms with Crippen molar-refractivity contribution in [2.45, 2.75) is 0 Å². The molecule has 18 heteroatoms. The van der Waals surface area contributed by atoms with E-state index in [1.165, 1.54) is 13.3 Å². The first kappa shape index (κ1) is 20.9. The quantitative estimate of drug-likeness (QED) is 0.380. The van der Waals surface area contributed by atoms with Gasteiger partial charge in [0.15, 0.2) is 0 Å². The molecular formula is C2H8Cl6N5O2P5. The van der Waals surface area contributed by atoms with Gasteiger partial charge >= 0.3 is 0 Å². The molecule has 0 spiro atoms. The van der Waals surface area contributed by atoms with E-state index in [1.807, 2.05) is 0 Å². The summed E-state index contributed by atoms with van der Waals surface area (Å²) in [5.74, 6) is -3.30. The standard InChI is InChI=1S/C2H8Cl6N5O2P5/c1-16(3,14)9-19(7)11-18(5,6)12-20(8,13-19)10-17(2,4)15/h1-2H3,(H,9,14)(H,10,15)/t16-,17-,19+,20+/m0/s1. The molecule has 20 heavy (non-hydrogen) atoms. The first-order valence-corrected chi connectivity index (χ1v) is 19.2. The van der Waals surface area contributed by atoms with Gasteiger partial charge in [0.2, 0.25) is 26.7 Å². The van der Waals surface area contributed by atoms with E-state index in [4.69, 9.17) is 67.4 Å². The summed E-state index contributed by atoms with van der Waals surface area (Å²) < 4.78 is 34.9. The lowest BCUT2D eigenvalue weighted by molar-refractivity contribution is 0.585. The Kier molecular flexibility index (Phi) is 6.89. The minimum Gasteiger partial charge on any atom is -0.289 e. The lowest BCUT2D eigenvalue weighted by Gasteiger charge is -2.26. The SMILES string of the molecule is C[P@](=O)(Cl)N[P@]1(Cl)=NP(Cl)(Cl)=N[P@@](Cl)(N[P@@](C)(=O)Cl)=N1. The van der Waals surface area contributed by atoms with Crippen LogP contribution in [-0.4, -0.2) is 13.3 Å². The van der Waals surface area contributed by atoms with Gasteiger partial charge in [0.1, 0.15) is 0 Å². The Labute approximate surface area is 145 Å². The van der Waals surface area contributed by atoms with E-state index in [9.17, 15) is 9.13 Å². The van der Waals surface area contributed by atoms with Crippen LogP contribution in [0.3, 0.4) is 0 Å². The summed E-state index contributed by atoms with van der Waals surface area (Å²) in [7, 11) is 0. The second-order valence-electron chi connectivity index (χ2n) is 3.61. The highest BCUT2D eigenvalue weighted by atomic mass is 35.9. The van der Waals surface area contributed by atoms with Crippen LogP contribution in [0.5, 0.6) is 0 Å². The van der Waals surface area contributed by atoms with Crippen molar-refractivity contribution in [1.29, 1.82) is 0 Å². The van der Waals surface area contributed by atoms with Crippen LogP contribution in [0.4, 0.5) is 0 Å². The number of hydrogen-bond acceptors (Lipinski definition) is 5. The molecule has 1 aliphatic rings. The van der Waals surface area contributed by atoms with Crippen LogP contribution >= 0.6 is 100 Å². The Morgan fingerprint density at radius 2 is 1.15 bits per heavy atom. The summed E-state index contributed by atoms with van der Waals surface area (Å²) in [6.07, 6.45) is 0. The minimum absolute atomic E-state index is 1.20. The van der Waals surface area contributed by atoms with Crippen molar-refractivity contribution in [3.05, 3.63) is 0 Å². The number of rotatable bonds is 4. The van der Waals surface area contributed by atoms with Crippen LogP contribution in [0, 0.1) is 0 Å². The maximum absolute atomic E-state index is 11.6. The molecular weight excluding hydrogens is 494 g/mol. The predicted molar refractivity (Wildman–Crippen MR) is 96.5 cm³/mol. The van der Waals surface area contributed by atoms with Crippen LogP contribution in [0.25, 0.3) is 0 Å². The van der Waals surface area contributed by atoms with Gasteiger partial charge in [-0.15, -0.1) is 0 Å². The fourth-order valence-corrected chi connectivity index (χ4v) is 25.5. The van der Waals surface area contributed by atoms with E-state index in [-0.39, 0.29) is 0 Å². The first-order valence-electron chi connectivity index (χ1n) is 4.37. The highest BCUT2D eigenvalue weighted by Gasteiger charge is 2.37. The summed E-state index contributed by atoms with van der Waals surface area (Å²) in [6, 6.07) is 0. The Hall–Kier alpha value is 2.81. The van der Waals surface area contributed by atoms with Gasteiger partial charge in [0.25, 0.3) is 5.91 Å². The third-order valence-electron chi connectivity index (χ3n) is 1.30. The third kappa shape index (κ3) is 7.59. The molecule has 0 saturated carbocycles. The first-order chi connectivity index (χ1) is 8.54. The Balaban J connectivity index is 3.47. The van der Waals surface area contributed by atoms with Crippen molar-refractivity contribution in [2.24, 2.45) is 13.5 Å². The molecule has 0 unspecified atom stereocenters. The smallest absolute Gasteiger partial charge is 0.257 e. The summed E-state index contributed by atoms with van der Waals surface area (Å²) >= 11 is 35.3. The molecule has 7 nitrogen and oxygen atoms in total. The van der Waals surface area contributed by atoms with E-state index < -0.39 is 32.6 Å². The molecule has 0 aromatic heterocycles. The van der Waals surface area contributed by atoms with Crippen molar-refractivity contribution in [3.8, 4) is 0 Å². The van der Waals surface area contributed by atoms with Gasteiger partial charge < -0.3 is 0 Å². The summed E-state index contributed by atoms with van der Waals surface area (Å²) in [6.45, 7) is -11.0. The third-order valence-corrected chi connectivity index (χ3v) is 19.3. The van der Waals surface area contributed by atoms with E-state index in [0.717, 1.165) is 0 Å². The molecule has 120 valence electrons. The van der Waals surface area contributed by atoms with E-state index in [0.29, 0.717) is 0 Å². The molecule has 0 aliphatic carbocycles. The number of hydrogen-bond donors (Lipinski definition) is 2. The molecule has 0 saturated heterocycles. The van der Waals surface area contributed by atoms with Crippen molar-refractivity contribution in [3.63, 3.8) is 0 Å². The molecule has 4 atom stereocenters. The monoisotopic (exact) mass is 499 g/mol. The molecule has 1 heterocycles. The van der Waals surface area contributed by atoms with Gasteiger partial charge in [-0.25, -0.2) is 0 Å². The van der Waals surface area contributed by atoms with Crippen molar-refractivity contribution in [2.75, 3.05) is 13.3 Å². The fourth-order valence-electron chi connectivity index (χ4n) is 1.03. The van der Waals surface area contributed by atoms with Crippen molar-refractivity contribution < 1.29 is 9.13 Å². The zero-order valence-electron chi connectivity index (χ0n) is 9.66. The minimum atomic E-state index is -3.37. The lowest BCUT2D eigenvalue weighted by atomic mass is 12.0. The van der Waals surface area contributed by atoms with E-state index in [1.54, 1.807) is 0 Å². The zero-order chi connectivity index (χ0) is 16.0. The van der Waals surface area contributed by atoms with Crippen LogP contribution in [0.2, 0.25) is 0 Å². The summed E-state index contributed by atoms with van der Waals surface area (Å²) in [5.41, 5.74) is 0. The highest BCUT2D eigenvalue weighted by molar-refractivity contribution is 8.19. The van der Waals surface area contributed by atoms with Gasteiger partial charge in [0, 0.05) is 13.3 Å². The average Bonchev–Trinajstić information content (AvgIpc) is 1.83. The number of nitrogens with zero attached hydrogens (tertiary/aromatic N) is 3. The van der Waals surface area contributed by atoms with Crippen molar-refractivity contribution >= 4 is 100 Å². The summed E-state index contributed by atoms with van der Waals surface area (Å²) in [4.78, 5) is 4.73. The van der Waals surface area contributed by atoms with Crippen LogP contribution in [-0.2, 0) is 9.13 Å². The predicted octanol–water partition coefficient (Wildman–Crippen LogP) is 8.10. The van der Waals surface area contributed by atoms with Gasteiger partial charge in [-0.2, -0.15) is 23.3 Å². The second kappa shape index (κ2) is 6.61. The van der Waals surface area contributed by atoms with Gasteiger partial charge in [0.05, 0.1) is 0 Å². The molecule has 0 aromatic rings. The molecule has 0 bridgehead atoms.